The smallest absolute Gasteiger partial charge is 0.264 e. The lowest BCUT2D eigenvalue weighted by molar-refractivity contribution is 0.600. The highest BCUT2D eigenvalue weighted by molar-refractivity contribution is 9.10. The first-order valence-corrected chi connectivity index (χ1v) is 9.56. The average molecular weight is 420 g/mol. The van der Waals surface area contributed by atoms with Crippen molar-refractivity contribution in [3.05, 3.63) is 51.2 Å². The van der Waals surface area contributed by atoms with Crippen molar-refractivity contribution >= 4 is 48.9 Å². The third-order valence-electron chi connectivity index (χ3n) is 3.53. The fraction of sp³-hybridized carbons (Fsp3) is 0.200. The predicted molar refractivity (Wildman–Crippen MR) is 93.2 cm³/mol. The summed E-state index contributed by atoms with van der Waals surface area (Å²) in [6.07, 6.45) is 1.76. The van der Waals surface area contributed by atoms with Gasteiger partial charge in [-0.3, -0.25) is 4.72 Å². The minimum Gasteiger partial charge on any atom is -0.384 e. The van der Waals surface area contributed by atoms with Crippen molar-refractivity contribution in [2.75, 3.05) is 16.6 Å². The number of hydrogen-bond acceptors (Lipinski definition) is 3. The van der Waals surface area contributed by atoms with Crippen LogP contribution in [0.2, 0.25) is 5.02 Å². The molecule has 8 heteroatoms. The van der Waals surface area contributed by atoms with E-state index < -0.39 is 15.8 Å². The van der Waals surface area contributed by atoms with Crippen LogP contribution in [0.5, 0.6) is 0 Å². The molecule has 0 aromatic heterocycles. The molecule has 0 amide bonds. The van der Waals surface area contributed by atoms with Gasteiger partial charge in [-0.2, -0.15) is 0 Å². The lowest BCUT2D eigenvalue weighted by Crippen LogP contribution is -2.19. The molecule has 0 saturated heterocycles. The van der Waals surface area contributed by atoms with Gasteiger partial charge in [-0.1, -0.05) is 27.5 Å². The van der Waals surface area contributed by atoms with E-state index in [0.29, 0.717) is 10.2 Å². The number of aryl methyl sites for hydroxylation is 1. The Morgan fingerprint density at radius 1 is 1.26 bits per heavy atom. The highest BCUT2D eigenvalue weighted by Gasteiger charge is 2.24. The first-order valence-electron chi connectivity index (χ1n) is 6.91. The van der Waals surface area contributed by atoms with Gasteiger partial charge in [0.15, 0.2) is 0 Å². The van der Waals surface area contributed by atoms with Crippen molar-refractivity contribution in [2.24, 2.45) is 0 Å². The van der Waals surface area contributed by atoms with Gasteiger partial charge in [-0.15, -0.1) is 0 Å². The second kappa shape index (κ2) is 6.30. The quantitative estimate of drug-likeness (QED) is 0.775. The van der Waals surface area contributed by atoms with Gasteiger partial charge in [0.1, 0.15) is 10.7 Å². The number of halogens is 3. The number of hydrogen-bond donors (Lipinski definition) is 2. The molecule has 1 aliphatic heterocycles. The standard InChI is InChI=1S/C15H13BrClFN2O2S/c16-10-6-9-2-1-5-19-15(9)14(7-10)23(21,22)20-11-3-4-13(18)12(17)8-11/h3-4,6-8,19-20H,1-2,5H2. The molecule has 0 radical (unpaired) electrons. The lowest BCUT2D eigenvalue weighted by Gasteiger charge is -2.22. The Balaban J connectivity index is 2.02. The Morgan fingerprint density at radius 3 is 2.78 bits per heavy atom. The minimum atomic E-state index is -3.83. The predicted octanol–water partition coefficient (Wildman–Crippen LogP) is 4.40. The third-order valence-corrected chi connectivity index (χ3v) is 5.69. The number of fused-ring (bicyclic) bond motifs is 1. The molecule has 2 aromatic carbocycles. The van der Waals surface area contributed by atoms with Gasteiger partial charge < -0.3 is 5.32 Å². The molecular formula is C15H13BrClFN2O2S. The van der Waals surface area contributed by atoms with Gasteiger partial charge in [-0.25, -0.2) is 12.8 Å². The maximum absolute atomic E-state index is 13.2. The van der Waals surface area contributed by atoms with Crippen molar-refractivity contribution in [3.8, 4) is 0 Å². The normalized spacial score (nSPS) is 14.0. The summed E-state index contributed by atoms with van der Waals surface area (Å²) in [6, 6.07) is 7.15. The summed E-state index contributed by atoms with van der Waals surface area (Å²) in [5.41, 5.74) is 1.77. The summed E-state index contributed by atoms with van der Waals surface area (Å²) in [5.74, 6) is -0.601. The molecule has 0 saturated carbocycles. The Kier molecular flexibility index (Phi) is 4.53. The highest BCUT2D eigenvalue weighted by atomic mass is 79.9. The van der Waals surface area contributed by atoms with E-state index in [1.54, 1.807) is 6.07 Å². The van der Waals surface area contributed by atoms with E-state index >= 15 is 0 Å². The number of rotatable bonds is 3. The van der Waals surface area contributed by atoms with E-state index in [1.165, 1.54) is 12.1 Å². The van der Waals surface area contributed by atoms with Crippen molar-refractivity contribution in [2.45, 2.75) is 17.7 Å². The average Bonchev–Trinajstić information content (AvgIpc) is 2.50. The number of nitrogens with one attached hydrogen (secondary N) is 2. The van der Waals surface area contributed by atoms with Crippen LogP contribution in [0.3, 0.4) is 0 Å². The van der Waals surface area contributed by atoms with E-state index in [4.69, 9.17) is 11.6 Å². The van der Waals surface area contributed by atoms with Crippen molar-refractivity contribution < 1.29 is 12.8 Å². The molecule has 2 N–H and O–H groups in total. The fourth-order valence-corrected chi connectivity index (χ4v) is 4.65. The van der Waals surface area contributed by atoms with Crippen LogP contribution in [0.15, 0.2) is 39.7 Å². The zero-order chi connectivity index (χ0) is 16.6. The first-order chi connectivity index (χ1) is 10.9. The molecule has 1 heterocycles. The van der Waals surface area contributed by atoms with Crippen LogP contribution in [0.25, 0.3) is 0 Å². The maximum Gasteiger partial charge on any atom is 0.264 e. The molecular weight excluding hydrogens is 407 g/mol. The molecule has 0 spiro atoms. The van der Waals surface area contributed by atoms with Crippen LogP contribution < -0.4 is 10.0 Å². The van der Waals surface area contributed by atoms with Crippen LogP contribution in [0.1, 0.15) is 12.0 Å². The van der Waals surface area contributed by atoms with Gasteiger partial charge >= 0.3 is 0 Å². The second-order valence-electron chi connectivity index (χ2n) is 5.20. The molecule has 0 atom stereocenters. The Hall–Kier alpha value is -1.31. The number of anilines is 2. The molecule has 0 fully saturated rings. The van der Waals surface area contributed by atoms with Gasteiger partial charge in [0.05, 0.1) is 16.4 Å². The minimum absolute atomic E-state index is 0.139. The first kappa shape index (κ1) is 16.5. The molecule has 1 aliphatic rings. The van der Waals surface area contributed by atoms with Gasteiger partial charge in [0, 0.05) is 11.0 Å². The van der Waals surface area contributed by atoms with Crippen LogP contribution >= 0.6 is 27.5 Å². The summed E-state index contributed by atoms with van der Waals surface area (Å²) in [5, 5.41) is 3.01. The molecule has 122 valence electrons. The monoisotopic (exact) mass is 418 g/mol. The molecule has 23 heavy (non-hydrogen) atoms. The Labute approximate surface area is 147 Å². The SMILES string of the molecule is O=S(=O)(Nc1ccc(F)c(Cl)c1)c1cc(Br)cc2c1NCCC2. The number of sulfonamides is 1. The summed E-state index contributed by atoms with van der Waals surface area (Å²) >= 11 is 9.05. The van der Waals surface area contributed by atoms with Gasteiger partial charge in [-0.05, 0) is 48.7 Å². The highest BCUT2D eigenvalue weighted by Crippen LogP contribution is 2.34. The lowest BCUT2D eigenvalue weighted by atomic mass is 10.0. The zero-order valence-electron chi connectivity index (χ0n) is 11.9. The van der Waals surface area contributed by atoms with Crippen LogP contribution in [0.4, 0.5) is 15.8 Å². The van der Waals surface area contributed by atoms with Gasteiger partial charge in [0.2, 0.25) is 0 Å². The number of benzene rings is 2. The summed E-state index contributed by atoms with van der Waals surface area (Å²) in [4.78, 5) is 0.155. The molecule has 0 unspecified atom stereocenters. The zero-order valence-corrected chi connectivity index (χ0v) is 15.0. The topological polar surface area (TPSA) is 58.2 Å². The molecule has 0 aliphatic carbocycles. The Bertz CT molecular complexity index is 874. The largest absolute Gasteiger partial charge is 0.384 e. The van der Waals surface area contributed by atoms with Crippen LogP contribution in [-0.4, -0.2) is 15.0 Å². The summed E-state index contributed by atoms with van der Waals surface area (Å²) < 4.78 is 41.8. The van der Waals surface area contributed by atoms with Gasteiger partial charge in [0.25, 0.3) is 10.0 Å². The van der Waals surface area contributed by atoms with Crippen molar-refractivity contribution in [3.63, 3.8) is 0 Å². The van der Waals surface area contributed by atoms with E-state index in [0.717, 1.165) is 31.0 Å². The summed E-state index contributed by atoms with van der Waals surface area (Å²) in [7, 11) is -3.83. The molecule has 0 bridgehead atoms. The van der Waals surface area contributed by atoms with Crippen molar-refractivity contribution in [1.29, 1.82) is 0 Å². The van der Waals surface area contributed by atoms with Crippen LogP contribution in [0, 0.1) is 5.82 Å². The van der Waals surface area contributed by atoms with Crippen LogP contribution in [-0.2, 0) is 16.4 Å². The molecule has 4 nitrogen and oxygen atoms in total. The van der Waals surface area contributed by atoms with E-state index in [2.05, 4.69) is 26.0 Å². The molecule has 3 rings (SSSR count). The van der Waals surface area contributed by atoms with E-state index in [1.807, 2.05) is 6.07 Å². The van der Waals surface area contributed by atoms with E-state index in [9.17, 15) is 12.8 Å². The fourth-order valence-electron chi connectivity index (χ4n) is 2.51. The Morgan fingerprint density at radius 2 is 2.04 bits per heavy atom. The van der Waals surface area contributed by atoms with E-state index in [-0.39, 0.29) is 15.6 Å². The third kappa shape index (κ3) is 3.46. The molecule has 2 aromatic rings. The summed E-state index contributed by atoms with van der Waals surface area (Å²) in [6.45, 7) is 0.722. The van der Waals surface area contributed by atoms with Crippen molar-refractivity contribution in [1.82, 2.24) is 0 Å². The maximum atomic E-state index is 13.2. The second-order valence-corrected chi connectivity index (χ2v) is 8.18.